The van der Waals surface area contributed by atoms with E-state index in [1.165, 1.54) is 62.3 Å². The van der Waals surface area contributed by atoms with Gasteiger partial charge in [0, 0.05) is 6.42 Å². The third kappa shape index (κ3) is 7.90. The van der Waals surface area contributed by atoms with E-state index in [-0.39, 0.29) is 18.8 Å². The van der Waals surface area contributed by atoms with Crippen molar-refractivity contribution in [3.05, 3.63) is 48.0 Å². The van der Waals surface area contributed by atoms with Crippen LogP contribution in [0.5, 0.6) is 0 Å². The van der Waals surface area contributed by atoms with Crippen LogP contribution in [-0.2, 0) is 44.5 Å². The van der Waals surface area contributed by atoms with Gasteiger partial charge in [0.1, 0.15) is 29.0 Å². The number of benzene rings is 1. The molecule has 0 aliphatic carbocycles. The number of rotatable bonds is 10. The van der Waals surface area contributed by atoms with Gasteiger partial charge in [-0.15, -0.1) is 0 Å². The number of carbonyl (C=O) groups excluding carboxylic acids is 3. The molecule has 0 saturated carbocycles. The minimum absolute atomic E-state index is 0.0830. The summed E-state index contributed by atoms with van der Waals surface area (Å²) in [7, 11) is 0. The van der Waals surface area contributed by atoms with Crippen LogP contribution in [0.15, 0.2) is 42.5 Å². The second-order valence-corrected chi connectivity index (χ2v) is 15.6. The molecule has 0 spiro atoms. The maximum atomic E-state index is 14.1. The van der Waals surface area contributed by atoms with E-state index in [0.29, 0.717) is 12.0 Å². The molecule has 0 amide bonds. The first kappa shape index (κ1) is 38.6. The summed E-state index contributed by atoms with van der Waals surface area (Å²) in [5.74, 6) is -6.94. The Morgan fingerprint density at radius 2 is 1.38 bits per heavy atom. The van der Waals surface area contributed by atoms with Crippen molar-refractivity contribution in [1.82, 2.24) is 0 Å². The predicted octanol–water partition coefficient (Wildman–Crippen LogP) is 2.90. The molecule has 1 aromatic rings. The first-order valence-corrected chi connectivity index (χ1v) is 15.9. The fraction of sp³-hybridized carbons (Fsp3) is 0.686. The maximum Gasteiger partial charge on any atom is 0.346 e. The van der Waals surface area contributed by atoms with Crippen molar-refractivity contribution in [2.45, 2.75) is 147 Å². The minimum Gasteiger partial charge on any atom is -0.458 e. The number of fused-ring (bicyclic) bond motifs is 2. The summed E-state index contributed by atoms with van der Waals surface area (Å²) in [5.41, 5.74) is -8.89. The van der Waals surface area contributed by atoms with Gasteiger partial charge in [0.25, 0.3) is 0 Å². The lowest BCUT2D eigenvalue weighted by molar-refractivity contribution is -0.378. The second-order valence-electron chi connectivity index (χ2n) is 15.6. The lowest BCUT2D eigenvalue weighted by atomic mass is 9.74. The molecule has 2 aliphatic heterocycles. The highest BCUT2D eigenvalue weighted by atomic mass is 16.8. The van der Waals surface area contributed by atoms with Gasteiger partial charge in [-0.05, 0) is 92.2 Å². The van der Waals surface area contributed by atoms with Gasteiger partial charge in [-0.25, -0.2) is 14.4 Å². The Hall–Kier alpha value is -2.87. The van der Waals surface area contributed by atoms with E-state index in [0.717, 1.165) is 5.56 Å². The Kier molecular flexibility index (Phi) is 10.8. The van der Waals surface area contributed by atoms with Crippen molar-refractivity contribution >= 4 is 17.9 Å². The van der Waals surface area contributed by atoms with Crippen molar-refractivity contribution in [1.29, 1.82) is 0 Å². The molecule has 2 heterocycles. The average molecular weight is 665 g/mol. The zero-order valence-corrected chi connectivity index (χ0v) is 29.2. The monoisotopic (exact) mass is 664 g/mol. The molecular formula is C35H52O12. The van der Waals surface area contributed by atoms with Gasteiger partial charge in [0.05, 0.1) is 6.10 Å². The summed E-state index contributed by atoms with van der Waals surface area (Å²) < 4.78 is 28.6. The molecule has 0 unspecified atom stereocenters. The van der Waals surface area contributed by atoms with Gasteiger partial charge >= 0.3 is 17.9 Å². The highest BCUT2D eigenvalue weighted by Crippen LogP contribution is 2.56. The van der Waals surface area contributed by atoms with Crippen LogP contribution in [0.4, 0.5) is 0 Å². The van der Waals surface area contributed by atoms with Crippen molar-refractivity contribution in [3.8, 4) is 0 Å². The SMILES string of the molecule is C=C(CC[C@]12O[C@H](C(=O)OC(C)(C)C)[C@@](O)(C(=O)OC(C)(C)C)[C@](C(=O)OC(C)(C)C)(O1)[C@H](O)[C@H]2O)[C@@H](O)[C@H](C)Cc1ccccc1. The van der Waals surface area contributed by atoms with E-state index >= 15 is 0 Å². The molecule has 8 atom stereocenters. The molecule has 47 heavy (non-hydrogen) atoms. The zero-order chi connectivity index (χ0) is 36.0. The summed E-state index contributed by atoms with van der Waals surface area (Å²) in [6.07, 6.45) is -7.75. The van der Waals surface area contributed by atoms with Gasteiger partial charge in [0.2, 0.25) is 17.3 Å². The van der Waals surface area contributed by atoms with Crippen LogP contribution >= 0.6 is 0 Å². The van der Waals surface area contributed by atoms with Crippen molar-refractivity contribution in [2.75, 3.05) is 0 Å². The minimum atomic E-state index is -3.41. The molecule has 0 aromatic heterocycles. The van der Waals surface area contributed by atoms with Crippen molar-refractivity contribution in [2.24, 2.45) is 5.92 Å². The number of aliphatic hydroxyl groups excluding tert-OH is 3. The van der Waals surface area contributed by atoms with Crippen molar-refractivity contribution in [3.63, 3.8) is 0 Å². The van der Waals surface area contributed by atoms with Crippen LogP contribution in [0.25, 0.3) is 0 Å². The lowest BCUT2D eigenvalue weighted by Crippen LogP contribution is -2.79. The largest absolute Gasteiger partial charge is 0.458 e. The fourth-order valence-corrected chi connectivity index (χ4v) is 5.83. The highest BCUT2D eigenvalue weighted by molar-refractivity contribution is 5.99. The normalized spacial score (nSPS) is 30.6. The average Bonchev–Trinajstić information content (AvgIpc) is 3.12. The molecule has 2 fully saturated rings. The molecule has 3 rings (SSSR count). The molecule has 0 radical (unpaired) electrons. The van der Waals surface area contributed by atoms with E-state index < -0.39 is 76.1 Å². The molecular weight excluding hydrogens is 612 g/mol. The van der Waals surface area contributed by atoms with Gasteiger partial charge in [-0.1, -0.05) is 43.8 Å². The number of carbonyl (C=O) groups is 3. The third-order valence-corrected chi connectivity index (χ3v) is 7.95. The Bertz CT molecular complexity index is 1320. The van der Waals surface area contributed by atoms with Crippen LogP contribution in [-0.4, -0.2) is 96.5 Å². The Labute approximate surface area is 277 Å². The Morgan fingerprint density at radius 1 is 0.872 bits per heavy atom. The number of hydrogen-bond donors (Lipinski definition) is 4. The second kappa shape index (κ2) is 13.2. The number of ether oxygens (including phenoxy) is 5. The van der Waals surface area contributed by atoms with Crippen LogP contribution in [0, 0.1) is 5.92 Å². The summed E-state index contributed by atoms with van der Waals surface area (Å²) in [5, 5.41) is 46.7. The standard InChI is InChI=1S/C35H52O12/c1-20(23(36)21(2)19-22-15-13-12-14-16-22)17-18-33-24(37)25(38)35(47-33,29(41)46-32(9,10)11)34(42,28(40)45-31(6,7)8)26(43-33)27(39)44-30(3,4)5/h12-16,21,23-26,36-38,42H,1,17-19H2,2-11H3/t21-,23-,24-,25-,26-,33+,34-,35+/m1/s1. The predicted molar refractivity (Wildman–Crippen MR) is 170 cm³/mol. The number of hydrogen-bond acceptors (Lipinski definition) is 12. The van der Waals surface area contributed by atoms with E-state index in [1.807, 2.05) is 37.3 Å². The molecule has 4 N–H and O–H groups in total. The maximum absolute atomic E-state index is 14.1. The van der Waals surface area contributed by atoms with Crippen LogP contribution in [0.1, 0.15) is 87.6 Å². The summed E-state index contributed by atoms with van der Waals surface area (Å²) in [4.78, 5) is 41.8. The fourth-order valence-electron chi connectivity index (χ4n) is 5.83. The molecule has 12 nitrogen and oxygen atoms in total. The molecule has 2 aliphatic rings. The summed E-state index contributed by atoms with van der Waals surface area (Å²) >= 11 is 0. The van der Waals surface area contributed by atoms with Gasteiger partial charge in [-0.3, -0.25) is 0 Å². The van der Waals surface area contributed by atoms with Gasteiger partial charge in [-0.2, -0.15) is 0 Å². The number of esters is 3. The van der Waals surface area contributed by atoms with Gasteiger partial charge in [0.15, 0.2) is 5.79 Å². The quantitative estimate of drug-likeness (QED) is 0.164. The Morgan fingerprint density at radius 3 is 1.89 bits per heavy atom. The smallest absolute Gasteiger partial charge is 0.346 e. The lowest BCUT2D eigenvalue weighted by Gasteiger charge is -2.51. The molecule has 2 bridgehead atoms. The first-order chi connectivity index (χ1) is 21.3. The number of aliphatic hydroxyl groups is 4. The van der Waals surface area contributed by atoms with E-state index in [1.54, 1.807) is 0 Å². The molecule has 12 heteroatoms. The van der Waals surface area contributed by atoms with Crippen LogP contribution in [0.2, 0.25) is 0 Å². The van der Waals surface area contributed by atoms with Gasteiger partial charge < -0.3 is 44.1 Å². The van der Waals surface area contributed by atoms with Crippen LogP contribution < -0.4 is 0 Å². The molecule has 1 aromatic carbocycles. The highest BCUT2D eigenvalue weighted by Gasteiger charge is 2.85. The topological polar surface area (TPSA) is 178 Å². The van der Waals surface area contributed by atoms with E-state index in [4.69, 9.17) is 23.7 Å². The summed E-state index contributed by atoms with van der Waals surface area (Å²) in [6.45, 7) is 19.5. The molecule has 2 saturated heterocycles. The zero-order valence-electron chi connectivity index (χ0n) is 29.2. The Balaban J connectivity index is 2.11. The summed E-state index contributed by atoms with van der Waals surface area (Å²) in [6, 6.07) is 9.54. The van der Waals surface area contributed by atoms with Crippen molar-refractivity contribution < 1.29 is 58.5 Å². The van der Waals surface area contributed by atoms with E-state index in [9.17, 15) is 34.8 Å². The van der Waals surface area contributed by atoms with E-state index in [2.05, 4.69) is 6.58 Å². The van der Waals surface area contributed by atoms with Crippen LogP contribution in [0.3, 0.4) is 0 Å². The third-order valence-electron chi connectivity index (χ3n) is 7.95. The molecule has 264 valence electrons. The first-order valence-electron chi connectivity index (χ1n) is 15.9.